The monoisotopic (exact) mass is 347 g/mol. The van der Waals surface area contributed by atoms with Crippen molar-refractivity contribution in [3.8, 4) is 0 Å². The van der Waals surface area contributed by atoms with Crippen LogP contribution in [-0.2, 0) is 22.7 Å². The molecule has 0 bridgehead atoms. The maximum atomic E-state index is 12.6. The van der Waals surface area contributed by atoms with Gasteiger partial charge in [-0.3, -0.25) is 14.7 Å². The Balaban J connectivity index is 1.64. The number of nitrogens with one attached hydrogen (secondary N) is 2. The van der Waals surface area contributed by atoms with E-state index in [4.69, 9.17) is 0 Å². The molecule has 1 fully saturated rings. The number of anilines is 1. The zero-order chi connectivity index (χ0) is 17.1. The Kier molecular flexibility index (Phi) is 4.96. The second-order valence-corrected chi connectivity index (χ2v) is 7.19. The van der Waals surface area contributed by atoms with Crippen LogP contribution in [0.3, 0.4) is 0 Å². The largest absolute Gasteiger partial charge is 0.325 e. The van der Waals surface area contributed by atoms with Gasteiger partial charge in [-0.2, -0.15) is 5.10 Å². The molecule has 1 saturated heterocycles. The number of hydrogen-bond donors (Lipinski definition) is 2. The predicted molar refractivity (Wildman–Crippen MR) is 92.5 cm³/mol. The normalized spacial score (nSPS) is 17.7. The minimum Gasteiger partial charge on any atom is -0.325 e. The number of rotatable bonds is 6. The predicted octanol–water partition coefficient (Wildman–Crippen LogP) is 1.66. The minimum absolute atomic E-state index is 0.0267. The summed E-state index contributed by atoms with van der Waals surface area (Å²) in [7, 11) is 3.93. The first-order valence-electron chi connectivity index (χ1n) is 7.84. The molecule has 0 aromatic carbocycles. The van der Waals surface area contributed by atoms with E-state index in [1.54, 1.807) is 16.2 Å². The van der Waals surface area contributed by atoms with Gasteiger partial charge < -0.3 is 15.1 Å². The zero-order valence-corrected chi connectivity index (χ0v) is 14.6. The van der Waals surface area contributed by atoms with Crippen molar-refractivity contribution in [3.63, 3.8) is 0 Å². The number of thiophene rings is 1. The van der Waals surface area contributed by atoms with Gasteiger partial charge in [-0.25, -0.2) is 0 Å². The molecule has 8 heteroatoms. The molecule has 2 N–H and O–H groups in total. The Bertz CT molecular complexity index is 710. The molecule has 3 heterocycles. The fourth-order valence-corrected chi connectivity index (χ4v) is 3.53. The van der Waals surface area contributed by atoms with E-state index in [1.165, 1.54) is 0 Å². The van der Waals surface area contributed by atoms with Crippen molar-refractivity contribution in [2.45, 2.75) is 32.0 Å². The molecule has 2 aromatic rings. The fourth-order valence-electron chi connectivity index (χ4n) is 2.83. The Morgan fingerprint density at radius 2 is 2.38 bits per heavy atom. The molecule has 0 radical (unpaired) electrons. The van der Waals surface area contributed by atoms with Gasteiger partial charge in [-0.1, -0.05) is 6.07 Å². The number of carbonyl (C=O) groups excluding carboxylic acids is 2. The van der Waals surface area contributed by atoms with Gasteiger partial charge >= 0.3 is 0 Å². The van der Waals surface area contributed by atoms with Crippen molar-refractivity contribution in [1.29, 1.82) is 0 Å². The minimum atomic E-state index is -0.436. The van der Waals surface area contributed by atoms with E-state index in [-0.39, 0.29) is 11.8 Å². The lowest BCUT2D eigenvalue weighted by molar-refractivity contribution is -0.133. The smallest absolute Gasteiger partial charge is 0.248 e. The highest BCUT2D eigenvalue weighted by Gasteiger charge is 2.36. The molecule has 1 unspecified atom stereocenters. The Morgan fingerprint density at radius 1 is 1.54 bits per heavy atom. The van der Waals surface area contributed by atoms with Crippen LogP contribution in [0.25, 0.3) is 0 Å². The summed E-state index contributed by atoms with van der Waals surface area (Å²) in [6.07, 6.45) is 0.959. The molecular weight excluding hydrogens is 326 g/mol. The van der Waals surface area contributed by atoms with Gasteiger partial charge in [0.15, 0.2) is 5.82 Å². The SMILES string of the molecule is CN(C)Cc1cc(NC(=O)C2CCC(=O)N2Cc2cccs2)n[nH]1. The maximum Gasteiger partial charge on any atom is 0.248 e. The topological polar surface area (TPSA) is 81.3 Å². The van der Waals surface area contributed by atoms with E-state index in [2.05, 4.69) is 15.5 Å². The Morgan fingerprint density at radius 3 is 3.08 bits per heavy atom. The van der Waals surface area contributed by atoms with Crippen LogP contribution in [0.2, 0.25) is 0 Å². The third-order valence-electron chi connectivity index (χ3n) is 3.91. The summed E-state index contributed by atoms with van der Waals surface area (Å²) in [5, 5.41) is 11.8. The summed E-state index contributed by atoms with van der Waals surface area (Å²) in [5.74, 6) is 0.339. The van der Waals surface area contributed by atoms with Crippen LogP contribution >= 0.6 is 11.3 Å². The van der Waals surface area contributed by atoms with E-state index < -0.39 is 6.04 Å². The van der Waals surface area contributed by atoms with E-state index in [9.17, 15) is 9.59 Å². The van der Waals surface area contributed by atoms with Crippen molar-refractivity contribution in [1.82, 2.24) is 20.0 Å². The van der Waals surface area contributed by atoms with Crippen LogP contribution in [0, 0.1) is 0 Å². The van der Waals surface area contributed by atoms with Gasteiger partial charge in [0.2, 0.25) is 11.8 Å². The Hall–Kier alpha value is -2.19. The number of hydrogen-bond acceptors (Lipinski definition) is 5. The van der Waals surface area contributed by atoms with Crippen molar-refractivity contribution in [2.75, 3.05) is 19.4 Å². The average molecular weight is 347 g/mol. The first kappa shape index (κ1) is 16.7. The van der Waals surface area contributed by atoms with Gasteiger partial charge in [0.25, 0.3) is 0 Å². The summed E-state index contributed by atoms with van der Waals surface area (Å²) >= 11 is 1.59. The van der Waals surface area contributed by atoms with Gasteiger partial charge in [-0.15, -0.1) is 11.3 Å². The molecule has 2 aromatic heterocycles. The quantitative estimate of drug-likeness (QED) is 0.833. The lowest BCUT2D eigenvalue weighted by Crippen LogP contribution is -2.41. The number of amides is 2. The Labute approximate surface area is 144 Å². The molecule has 1 atom stereocenters. The first-order valence-corrected chi connectivity index (χ1v) is 8.72. The standard InChI is InChI=1S/C16H21N5O2S/c1-20(2)9-11-8-14(19-18-11)17-16(23)13-5-6-15(22)21(13)10-12-4-3-7-24-12/h3-4,7-8,13H,5-6,9-10H2,1-2H3,(H2,17,18,19,23). The fraction of sp³-hybridized carbons (Fsp3) is 0.438. The lowest BCUT2D eigenvalue weighted by atomic mass is 10.2. The van der Waals surface area contributed by atoms with Crippen LogP contribution < -0.4 is 5.32 Å². The van der Waals surface area contributed by atoms with Crippen molar-refractivity contribution in [3.05, 3.63) is 34.2 Å². The molecule has 1 aliphatic heterocycles. The molecular formula is C16H21N5O2S. The van der Waals surface area contributed by atoms with Gasteiger partial charge in [-0.05, 0) is 32.0 Å². The molecule has 7 nitrogen and oxygen atoms in total. The van der Waals surface area contributed by atoms with E-state index >= 15 is 0 Å². The molecule has 1 aliphatic rings. The summed E-state index contributed by atoms with van der Waals surface area (Å²) in [5.41, 5.74) is 0.924. The maximum absolute atomic E-state index is 12.6. The molecule has 24 heavy (non-hydrogen) atoms. The van der Waals surface area contributed by atoms with Crippen LogP contribution in [0.15, 0.2) is 23.6 Å². The summed E-state index contributed by atoms with van der Waals surface area (Å²) in [6.45, 7) is 1.20. The molecule has 0 saturated carbocycles. The van der Waals surface area contributed by atoms with Crippen molar-refractivity contribution in [2.24, 2.45) is 0 Å². The third-order valence-corrected chi connectivity index (χ3v) is 4.77. The highest BCUT2D eigenvalue weighted by atomic mass is 32.1. The van der Waals surface area contributed by atoms with Crippen molar-refractivity contribution < 1.29 is 9.59 Å². The van der Waals surface area contributed by atoms with Crippen molar-refractivity contribution >= 4 is 29.0 Å². The van der Waals surface area contributed by atoms with Gasteiger partial charge in [0, 0.05) is 23.9 Å². The summed E-state index contributed by atoms with van der Waals surface area (Å²) < 4.78 is 0. The van der Waals surface area contributed by atoms with Crippen LogP contribution in [-0.4, -0.2) is 51.9 Å². The average Bonchev–Trinajstić information content (AvgIpc) is 3.23. The number of H-pyrrole nitrogens is 1. The number of aromatic nitrogens is 2. The third kappa shape index (κ3) is 3.82. The zero-order valence-electron chi connectivity index (χ0n) is 13.8. The summed E-state index contributed by atoms with van der Waals surface area (Å²) in [6, 6.07) is 5.31. The summed E-state index contributed by atoms with van der Waals surface area (Å²) in [4.78, 5) is 29.4. The number of carbonyl (C=O) groups is 2. The molecule has 128 valence electrons. The van der Waals surface area contributed by atoms with Crippen LogP contribution in [0.1, 0.15) is 23.4 Å². The molecule has 3 rings (SSSR count). The highest BCUT2D eigenvalue weighted by Crippen LogP contribution is 2.24. The van der Waals surface area contributed by atoms with Gasteiger partial charge in [0.05, 0.1) is 12.2 Å². The van der Waals surface area contributed by atoms with Crippen LogP contribution in [0.4, 0.5) is 5.82 Å². The number of aromatic amines is 1. The van der Waals surface area contributed by atoms with E-state index in [0.717, 1.165) is 17.1 Å². The molecule has 0 spiro atoms. The van der Waals surface area contributed by atoms with E-state index in [1.807, 2.05) is 42.6 Å². The van der Waals surface area contributed by atoms with E-state index in [0.29, 0.717) is 25.2 Å². The highest BCUT2D eigenvalue weighted by molar-refractivity contribution is 7.09. The lowest BCUT2D eigenvalue weighted by Gasteiger charge is -2.23. The number of likely N-dealkylation sites (tertiary alicyclic amines) is 1. The van der Waals surface area contributed by atoms with Crippen LogP contribution in [0.5, 0.6) is 0 Å². The second-order valence-electron chi connectivity index (χ2n) is 6.16. The second kappa shape index (κ2) is 7.14. The van der Waals surface area contributed by atoms with Gasteiger partial charge in [0.1, 0.15) is 6.04 Å². The number of nitrogens with zero attached hydrogens (tertiary/aromatic N) is 3. The molecule has 2 amide bonds. The molecule has 0 aliphatic carbocycles. The first-order chi connectivity index (χ1) is 11.5.